The Balaban J connectivity index is 1.50. The number of furan rings is 1. The van der Waals surface area contributed by atoms with Crippen LogP contribution in [0.15, 0.2) is 39.8 Å². The van der Waals surface area contributed by atoms with Crippen molar-refractivity contribution in [1.82, 2.24) is 4.31 Å². The predicted octanol–water partition coefficient (Wildman–Crippen LogP) is 1.54. The van der Waals surface area contributed by atoms with Gasteiger partial charge in [0.2, 0.25) is 11.0 Å². The van der Waals surface area contributed by atoms with Gasteiger partial charge in [-0.05, 0) is 42.3 Å². The van der Waals surface area contributed by atoms with Gasteiger partial charge in [0.25, 0.3) is 10.0 Å². The van der Waals surface area contributed by atoms with Crippen molar-refractivity contribution in [2.24, 2.45) is 0 Å². The van der Waals surface area contributed by atoms with Gasteiger partial charge in [-0.25, -0.2) is 17.5 Å². The molecule has 1 aromatic heterocycles. The molecule has 1 aromatic carbocycles. The number of hydrogen-bond donors (Lipinski definition) is 1. The Labute approximate surface area is 162 Å². The number of rotatable bonds is 7. The van der Waals surface area contributed by atoms with Crippen molar-refractivity contribution in [3.63, 3.8) is 0 Å². The van der Waals surface area contributed by atoms with Gasteiger partial charge in [-0.2, -0.15) is 0 Å². The van der Waals surface area contributed by atoms with Gasteiger partial charge in [-0.3, -0.25) is 4.79 Å². The van der Waals surface area contributed by atoms with Gasteiger partial charge >= 0.3 is 5.97 Å². The van der Waals surface area contributed by atoms with Gasteiger partial charge in [0.1, 0.15) is 18.1 Å². The van der Waals surface area contributed by atoms with Crippen LogP contribution in [-0.2, 0) is 37.4 Å². The van der Waals surface area contributed by atoms with Gasteiger partial charge in [-0.15, -0.1) is 0 Å². The number of aryl methyl sites for hydroxylation is 1. The van der Waals surface area contributed by atoms with Crippen LogP contribution < -0.4 is 10.1 Å². The number of fused-ring (bicyclic) bond motifs is 1. The Bertz CT molecular complexity index is 995. The molecule has 0 radical (unpaired) electrons. The molecule has 9 nitrogen and oxygen atoms in total. The van der Waals surface area contributed by atoms with Crippen molar-refractivity contribution >= 4 is 27.6 Å². The summed E-state index contributed by atoms with van der Waals surface area (Å²) in [5.74, 6) is 0.0474. The molecule has 0 bridgehead atoms. The average molecular weight is 408 g/mol. The standard InChI is InChI=1S/C18H20N2O7S/c1-20(2)28(23,24)18-8-5-14(27-18)10-26-17(22)11-25-13-4-6-15-12(9-13)3-7-16(21)19-15/h4-6,8-9H,3,7,10-11H2,1-2H3,(H,19,21). The minimum atomic E-state index is -3.68. The van der Waals surface area contributed by atoms with Gasteiger partial charge < -0.3 is 19.2 Å². The van der Waals surface area contributed by atoms with Crippen molar-refractivity contribution in [2.75, 3.05) is 26.0 Å². The smallest absolute Gasteiger partial charge is 0.344 e. The first-order valence-corrected chi connectivity index (χ1v) is 9.92. The topological polar surface area (TPSA) is 115 Å². The molecule has 0 saturated heterocycles. The number of benzene rings is 1. The molecule has 3 rings (SSSR count). The molecule has 28 heavy (non-hydrogen) atoms. The summed E-state index contributed by atoms with van der Waals surface area (Å²) in [6, 6.07) is 7.89. The van der Waals surface area contributed by atoms with Crippen LogP contribution in [0.4, 0.5) is 5.69 Å². The fraction of sp³-hybridized carbons (Fsp3) is 0.333. The average Bonchev–Trinajstić information content (AvgIpc) is 3.14. The van der Waals surface area contributed by atoms with E-state index in [-0.39, 0.29) is 30.0 Å². The first-order valence-electron chi connectivity index (χ1n) is 8.48. The van der Waals surface area contributed by atoms with Crippen LogP contribution in [0.5, 0.6) is 5.75 Å². The van der Waals surface area contributed by atoms with E-state index in [4.69, 9.17) is 13.9 Å². The molecule has 0 fully saturated rings. The SMILES string of the molecule is CN(C)S(=O)(=O)c1ccc(COC(=O)COc2ccc3c(c2)CCC(=O)N3)o1. The summed E-state index contributed by atoms with van der Waals surface area (Å²) in [6.07, 6.45) is 1.02. The maximum absolute atomic E-state index is 11.9. The monoisotopic (exact) mass is 408 g/mol. The summed E-state index contributed by atoms with van der Waals surface area (Å²) in [4.78, 5) is 23.2. The minimum Gasteiger partial charge on any atom is -0.482 e. The van der Waals surface area contributed by atoms with Gasteiger partial charge in [0.05, 0.1) is 0 Å². The van der Waals surface area contributed by atoms with E-state index in [9.17, 15) is 18.0 Å². The summed E-state index contributed by atoms with van der Waals surface area (Å²) in [5, 5.41) is 2.55. The Kier molecular flexibility index (Phi) is 5.71. The lowest BCUT2D eigenvalue weighted by Gasteiger charge is -2.17. The lowest BCUT2D eigenvalue weighted by molar-refractivity contribution is -0.147. The quantitative estimate of drug-likeness (QED) is 0.691. The van der Waals surface area contributed by atoms with E-state index in [2.05, 4.69) is 5.32 Å². The normalized spacial score (nSPS) is 13.8. The van der Waals surface area contributed by atoms with Crippen LogP contribution in [0.25, 0.3) is 0 Å². The third-order valence-electron chi connectivity index (χ3n) is 4.08. The van der Waals surface area contributed by atoms with Crippen LogP contribution in [0.1, 0.15) is 17.7 Å². The molecule has 2 heterocycles. The Hall–Kier alpha value is -2.85. The van der Waals surface area contributed by atoms with Crippen LogP contribution in [-0.4, -0.2) is 45.3 Å². The van der Waals surface area contributed by atoms with Crippen molar-refractivity contribution < 1.29 is 31.9 Å². The van der Waals surface area contributed by atoms with E-state index in [1.807, 2.05) is 0 Å². The van der Waals surface area contributed by atoms with E-state index in [1.165, 1.54) is 26.2 Å². The highest BCUT2D eigenvalue weighted by atomic mass is 32.2. The number of carbonyl (C=O) groups excluding carboxylic acids is 2. The second-order valence-electron chi connectivity index (χ2n) is 6.32. The number of carbonyl (C=O) groups is 2. The number of hydrogen-bond acceptors (Lipinski definition) is 7. The molecule has 0 aliphatic carbocycles. The molecule has 0 unspecified atom stereocenters. The van der Waals surface area contributed by atoms with Crippen molar-refractivity contribution in [2.45, 2.75) is 24.5 Å². The second-order valence-corrected chi connectivity index (χ2v) is 8.41. The fourth-order valence-electron chi connectivity index (χ4n) is 2.54. The molecule has 10 heteroatoms. The van der Waals surface area contributed by atoms with E-state index >= 15 is 0 Å². The van der Waals surface area contributed by atoms with E-state index in [0.29, 0.717) is 18.6 Å². The second kappa shape index (κ2) is 8.03. The van der Waals surface area contributed by atoms with Crippen LogP contribution in [0.3, 0.4) is 0 Å². The largest absolute Gasteiger partial charge is 0.482 e. The molecule has 0 spiro atoms. The lowest BCUT2D eigenvalue weighted by atomic mass is 10.0. The fourth-order valence-corrected chi connectivity index (χ4v) is 3.35. The van der Waals surface area contributed by atoms with Crippen molar-refractivity contribution in [1.29, 1.82) is 0 Å². The highest BCUT2D eigenvalue weighted by Gasteiger charge is 2.22. The molecule has 1 aliphatic rings. The first-order chi connectivity index (χ1) is 13.3. The van der Waals surface area contributed by atoms with Crippen molar-refractivity contribution in [3.8, 4) is 5.75 Å². The molecule has 0 atom stereocenters. The predicted molar refractivity (Wildman–Crippen MR) is 98.3 cm³/mol. The molecule has 150 valence electrons. The zero-order valence-electron chi connectivity index (χ0n) is 15.4. The lowest BCUT2D eigenvalue weighted by Crippen LogP contribution is -2.21. The maximum Gasteiger partial charge on any atom is 0.344 e. The Morgan fingerprint density at radius 1 is 1.21 bits per heavy atom. The summed E-state index contributed by atoms with van der Waals surface area (Å²) < 4.78 is 40.6. The van der Waals surface area contributed by atoms with E-state index in [1.54, 1.807) is 18.2 Å². The third-order valence-corrected chi connectivity index (χ3v) is 5.77. The van der Waals surface area contributed by atoms with Gasteiger partial charge in [0.15, 0.2) is 6.61 Å². The van der Waals surface area contributed by atoms with Crippen LogP contribution >= 0.6 is 0 Å². The summed E-state index contributed by atoms with van der Waals surface area (Å²) in [5.41, 5.74) is 1.68. The highest BCUT2D eigenvalue weighted by molar-refractivity contribution is 7.88. The molecule has 1 amide bonds. The molecule has 1 N–H and O–H groups in total. The van der Waals surface area contributed by atoms with Crippen LogP contribution in [0.2, 0.25) is 0 Å². The number of esters is 1. The molecule has 0 saturated carbocycles. The zero-order valence-corrected chi connectivity index (χ0v) is 16.2. The molecular weight excluding hydrogens is 388 g/mol. The number of amides is 1. The van der Waals surface area contributed by atoms with Gasteiger partial charge in [-0.1, -0.05) is 0 Å². The maximum atomic E-state index is 11.9. The van der Waals surface area contributed by atoms with E-state index < -0.39 is 16.0 Å². The summed E-state index contributed by atoms with van der Waals surface area (Å²) >= 11 is 0. The van der Waals surface area contributed by atoms with Crippen molar-refractivity contribution in [3.05, 3.63) is 41.7 Å². The minimum absolute atomic E-state index is 0.0239. The van der Waals surface area contributed by atoms with Crippen LogP contribution in [0, 0.1) is 0 Å². The number of nitrogens with one attached hydrogen (secondary N) is 1. The number of anilines is 1. The van der Waals surface area contributed by atoms with E-state index in [0.717, 1.165) is 15.6 Å². The zero-order chi connectivity index (χ0) is 20.3. The third kappa shape index (κ3) is 4.52. The first kappa shape index (κ1) is 19.9. The molecule has 1 aliphatic heterocycles. The highest BCUT2D eigenvalue weighted by Crippen LogP contribution is 2.26. The Morgan fingerprint density at radius 2 is 2.00 bits per heavy atom. The molecular formula is C18H20N2O7S. The number of ether oxygens (including phenoxy) is 2. The summed E-state index contributed by atoms with van der Waals surface area (Å²) in [7, 11) is -0.892. The summed E-state index contributed by atoms with van der Waals surface area (Å²) in [6.45, 7) is -0.518. The molecule has 2 aromatic rings. The number of sulfonamides is 1. The van der Waals surface area contributed by atoms with Gasteiger partial charge in [0, 0.05) is 26.2 Å². The number of nitrogens with zero attached hydrogens (tertiary/aromatic N) is 1. The Morgan fingerprint density at radius 3 is 2.75 bits per heavy atom.